The van der Waals surface area contributed by atoms with E-state index in [9.17, 15) is 0 Å². The van der Waals surface area contributed by atoms with Gasteiger partial charge in [-0.1, -0.05) is 127 Å². The molecule has 1 aromatic heterocycles. The number of thiophene rings is 1. The van der Waals surface area contributed by atoms with Gasteiger partial charge in [0.1, 0.15) is 0 Å². The molecule has 2 nitrogen and oxygen atoms in total. The van der Waals surface area contributed by atoms with Gasteiger partial charge in [-0.3, -0.25) is 0 Å². The van der Waals surface area contributed by atoms with Crippen LogP contribution in [0.3, 0.4) is 0 Å². The first-order valence-electron chi connectivity index (χ1n) is 19.6. The normalized spacial score (nSPS) is 14.6. The highest BCUT2D eigenvalue weighted by Crippen LogP contribution is 2.64. The molecule has 2 aliphatic carbocycles. The van der Waals surface area contributed by atoms with E-state index in [0.717, 1.165) is 0 Å². The Bertz CT molecular complexity index is 3080. The molecule has 4 heteroatoms. The van der Waals surface area contributed by atoms with Crippen LogP contribution in [0.5, 0.6) is 0 Å². The van der Waals surface area contributed by atoms with E-state index in [2.05, 4.69) is 199 Å². The predicted molar refractivity (Wildman–Crippen MR) is 237 cm³/mol. The number of hydrogen-bond donors (Lipinski definition) is 0. The molecule has 56 heavy (non-hydrogen) atoms. The molecule has 0 bridgehead atoms. The average molecular weight is 729 g/mol. The van der Waals surface area contributed by atoms with E-state index in [4.69, 9.17) is 0 Å². The summed E-state index contributed by atoms with van der Waals surface area (Å²) in [4.78, 5) is 5.07. The quantitative estimate of drug-likeness (QED) is 0.164. The Hall–Kier alpha value is -6.62. The molecule has 0 radical (unpaired) electrons. The largest absolute Gasteiger partial charge is 0.311 e. The van der Waals surface area contributed by atoms with Gasteiger partial charge in [0.05, 0.1) is 11.1 Å². The van der Waals surface area contributed by atoms with Gasteiger partial charge >= 0.3 is 0 Å². The third-order valence-electron chi connectivity index (χ3n) is 12.9. The summed E-state index contributed by atoms with van der Waals surface area (Å²) >= 11 is 1.99. The second-order valence-electron chi connectivity index (χ2n) is 15.6. The number of aryl methyl sites for hydroxylation is 1. The molecule has 8 aromatic carbocycles. The second kappa shape index (κ2) is 11.0. The van der Waals surface area contributed by atoms with Gasteiger partial charge in [-0.15, -0.1) is 11.3 Å². The number of nitrogens with zero attached hydrogens (tertiary/aromatic N) is 2. The van der Waals surface area contributed by atoms with Crippen LogP contribution in [0.15, 0.2) is 182 Å². The highest BCUT2D eigenvalue weighted by molar-refractivity contribution is 7.33. The Morgan fingerprint density at radius 2 is 0.982 bits per heavy atom. The zero-order valence-electron chi connectivity index (χ0n) is 30.7. The van der Waals surface area contributed by atoms with Crippen LogP contribution in [0.2, 0.25) is 0 Å². The van der Waals surface area contributed by atoms with Crippen molar-refractivity contribution in [2.24, 2.45) is 0 Å². The van der Waals surface area contributed by atoms with Gasteiger partial charge in [-0.25, -0.2) is 0 Å². The van der Waals surface area contributed by atoms with E-state index < -0.39 is 0 Å². The number of hydrogen-bond acceptors (Lipinski definition) is 3. The molecule has 260 valence electrons. The van der Waals surface area contributed by atoms with Crippen molar-refractivity contribution in [2.75, 3.05) is 9.80 Å². The van der Waals surface area contributed by atoms with E-state index >= 15 is 0 Å². The average Bonchev–Trinajstić information content (AvgIpc) is 3.87. The summed E-state index contributed by atoms with van der Waals surface area (Å²) in [6.07, 6.45) is 0. The summed E-state index contributed by atoms with van der Waals surface area (Å²) < 4.78 is 2.73. The fourth-order valence-electron chi connectivity index (χ4n) is 10.9. The lowest BCUT2D eigenvalue weighted by molar-refractivity contribution is 0.795. The Morgan fingerprint density at radius 3 is 1.62 bits per heavy atom. The van der Waals surface area contributed by atoms with Crippen LogP contribution >= 0.6 is 11.3 Å². The molecule has 0 saturated heterocycles. The van der Waals surface area contributed by atoms with E-state index in [-0.39, 0.29) is 12.1 Å². The van der Waals surface area contributed by atoms with Gasteiger partial charge in [-0.05, 0) is 123 Å². The molecule has 0 N–H and O–H groups in total. The second-order valence-corrected chi connectivity index (χ2v) is 16.7. The SMILES string of the molecule is Cc1cc2c3c(c1)N(c1ccccc1)c1c(sc4cc5c(cc14)-c1ccccc1C51c4ccccc4-c4ccccc41)B3c1ccccc1N2c1ccccc1. The molecular formula is C52H33BN2S. The Balaban J connectivity index is 1.15. The highest BCUT2D eigenvalue weighted by atomic mass is 32.1. The number of fused-ring (bicyclic) bond motifs is 16. The third kappa shape index (κ3) is 3.73. The zero-order valence-corrected chi connectivity index (χ0v) is 31.5. The molecule has 0 amide bonds. The molecule has 13 rings (SSSR count). The van der Waals surface area contributed by atoms with E-state index in [0.29, 0.717) is 0 Å². The molecule has 9 aromatic rings. The summed E-state index contributed by atoms with van der Waals surface area (Å²) in [5.41, 5.74) is 21.9. The molecular weight excluding hydrogens is 695 g/mol. The Morgan fingerprint density at radius 1 is 0.464 bits per heavy atom. The third-order valence-corrected chi connectivity index (χ3v) is 14.1. The smallest absolute Gasteiger partial charge is 0.264 e. The Kier molecular flexibility index (Phi) is 6.03. The van der Waals surface area contributed by atoms with Crippen molar-refractivity contribution in [2.45, 2.75) is 12.3 Å². The van der Waals surface area contributed by atoms with Crippen LogP contribution < -0.4 is 25.5 Å². The van der Waals surface area contributed by atoms with Crippen molar-refractivity contribution in [3.63, 3.8) is 0 Å². The first-order chi connectivity index (χ1) is 27.7. The number of anilines is 6. The minimum absolute atomic E-state index is 0.0909. The van der Waals surface area contributed by atoms with Crippen molar-refractivity contribution in [1.82, 2.24) is 0 Å². The number of para-hydroxylation sites is 3. The van der Waals surface area contributed by atoms with Crippen LogP contribution in [-0.2, 0) is 5.41 Å². The standard InChI is InChI=1S/C52H33BN2S/c1-32-28-46-49-47(29-32)55(34-18-6-3-7-19-34)50-39-30-38-37-22-10-13-25-42(37)52(40-23-11-8-20-35(40)36-21-9-12-24-41(36)52)43(38)31-48(39)56-51(50)53(49)44-26-14-15-27-45(44)54(46)33-16-4-2-5-17-33/h2-31H,1H3. The first kappa shape index (κ1) is 30.7. The van der Waals surface area contributed by atoms with Gasteiger partial charge in [0.25, 0.3) is 6.71 Å². The zero-order chi connectivity index (χ0) is 36.7. The molecule has 2 aliphatic heterocycles. The topological polar surface area (TPSA) is 6.48 Å². The van der Waals surface area contributed by atoms with Crippen molar-refractivity contribution >= 4 is 78.0 Å². The van der Waals surface area contributed by atoms with Crippen molar-refractivity contribution < 1.29 is 0 Å². The Labute approximate surface area is 330 Å². The fraction of sp³-hybridized carbons (Fsp3) is 0.0385. The fourth-order valence-corrected chi connectivity index (χ4v) is 12.2. The minimum Gasteiger partial charge on any atom is -0.311 e. The van der Waals surface area contributed by atoms with Gasteiger partial charge in [-0.2, -0.15) is 0 Å². The summed E-state index contributed by atoms with van der Waals surface area (Å²) in [6.45, 7) is 2.34. The maximum absolute atomic E-state index is 2.58. The highest BCUT2D eigenvalue weighted by Gasteiger charge is 2.52. The molecule has 0 fully saturated rings. The van der Waals surface area contributed by atoms with Crippen LogP contribution in [0, 0.1) is 6.92 Å². The molecule has 0 unspecified atom stereocenters. The van der Waals surface area contributed by atoms with Crippen molar-refractivity contribution in [3.8, 4) is 22.3 Å². The summed E-state index contributed by atoms with van der Waals surface area (Å²) in [5.74, 6) is 0. The molecule has 0 saturated carbocycles. The van der Waals surface area contributed by atoms with Crippen LogP contribution in [-0.4, -0.2) is 6.71 Å². The lowest BCUT2D eigenvalue weighted by atomic mass is 9.36. The van der Waals surface area contributed by atoms with E-state index in [1.165, 1.54) is 110 Å². The lowest BCUT2D eigenvalue weighted by Gasteiger charge is -2.43. The van der Waals surface area contributed by atoms with Gasteiger partial charge in [0, 0.05) is 43.3 Å². The summed E-state index contributed by atoms with van der Waals surface area (Å²) in [5, 5.41) is 1.32. The van der Waals surface area contributed by atoms with Crippen LogP contribution in [0.1, 0.15) is 27.8 Å². The lowest BCUT2D eigenvalue weighted by Crippen LogP contribution is -2.60. The van der Waals surface area contributed by atoms with Gasteiger partial charge < -0.3 is 9.80 Å². The van der Waals surface area contributed by atoms with Gasteiger partial charge in [0.2, 0.25) is 0 Å². The van der Waals surface area contributed by atoms with E-state index in [1.54, 1.807) is 0 Å². The van der Waals surface area contributed by atoms with E-state index in [1.807, 2.05) is 11.3 Å². The summed E-state index contributed by atoms with van der Waals surface area (Å²) in [7, 11) is 0. The maximum Gasteiger partial charge on any atom is 0.264 e. The van der Waals surface area contributed by atoms with Crippen molar-refractivity contribution in [1.29, 1.82) is 0 Å². The predicted octanol–water partition coefficient (Wildman–Crippen LogP) is 11.6. The summed E-state index contributed by atoms with van der Waals surface area (Å²) in [6, 6.07) is 68.4. The number of benzene rings is 8. The molecule has 0 atom stereocenters. The first-order valence-corrected chi connectivity index (χ1v) is 20.4. The minimum atomic E-state index is -0.377. The number of rotatable bonds is 2. The molecule has 3 heterocycles. The monoisotopic (exact) mass is 728 g/mol. The maximum atomic E-state index is 2.58. The molecule has 4 aliphatic rings. The van der Waals surface area contributed by atoms with Crippen LogP contribution in [0.4, 0.5) is 34.1 Å². The van der Waals surface area contributed by atoms with Crippen LogP contribution in [0.25, 0.3) is 32.3 Å². The molecule has 1 spiro atoms. The van der Waals surface area contributed by atoms with Crippen molar-refractivity contribution in [3.05, 3.63) is 210 Å². The van der Waals surface area contributed by atoms with Gasteiger partial charge in [0.15, 0.2) is 0 Å².